The van der Waals surface area contributed by atoms with Crippen LogP contribution in [0.3, 0.4) is 0 Å². The third-order valence-corrected chi connectivity index (χ3v) is 13.3. The van der Waals surface area contributed by atoms with Crippen LogP contribution in [0.15, 0.2) is 144 Å². The van der Waals surface area contributed by atoms with E-state index in [0.29, 0.717) is 0 Å². The third-order valence-electron chi connectivity index (χ3n) is 13.3. The van der Waals surface area contributed by atoms with Gasteiger partial charge >= 0.3 is 0 Å². The molecule has 5 heteroatoms. The van der Waals surface area contributed by atoms with E-state index in [9.17, 15) is 0 Å². The molecule has 1 aromatic heterocycles. The second kappa shape index (κ2) is 14.3. The molecule has 10 rings (SSSR count). The Morgan fingerprint density at radius 1 is 0.475 bits per heavy atom. The second-order valence-electron chi connectivity index (χ2n) is 20.6. The van der Waals surface area contributed by atoms with E-state index in [-0.39, 0.29) is 23.0 Å². The van der Waals surface area contributed by atoms with Gasteiger partial charge in [-0.25, -0.2) is 0 Å². The van der Waals surface area contributed by atoms with E-state index in [2.05, 4.69) is 217 Å². The summed E-state index contributed by atoms with van der Waals surface area (Å²) in [4.78, 5) is 7.43. The predicted molar refractivity (Wildman–Crippen MR) is 260 cm³/mol. The van der Waals surface area contributed by atoms with Gasteiger partial charge in [-0.1, -0.05) is 129 Å². The largest absolute Gasteiger partial charge is 0.445 e. The summed E-state index contributed by atoms with van der Waals surface area (Å²) in [7, 11) is 0. The van der Waals surface area contributed by atoms with Gasteiger partial charge in [0.25, 0.3) is 6.71 Å². The summed E-state index contributed by atoms with van der Waals surface area (Å²) in [6.45, 7) is 20.7. The molecule has 0 fully saturated rings. The molecule has 0 N–H and O–H groups in total. The fourth-order valence-electron chi connectivity index (χ4n) is 9.92. The summed E-state index contributed by atoms with van der Waals surface area (Å²) < 4.78 is 7.15. The first-order valence-corrected chi connectivity index (χ1v) is 22.4. The van der Waals surface area contributed by atoms with Crippen molar-refractivity contribution >= 4 is 74.5 Å². The Kier molecular flexibility index (Phi) is 9.21. The van der Waals surface area contributed by atoms with Gasteiger partial charge in [0.1, 0.15) is 5.76 Å². The lowest BCUT2D eigenvalue weighted by Crippen LogP contribution is -2.62. The number of rotatable bonds is 5. The lowest BCUT2D eigenvalue weighted by Gasteiger charge is -2.44. The van der Waals surface area contributed by atoms with Crippen LogP contribution in [0, 0.1) is 0 Å². The molecule has 6 aromatic carbocycles. The first kappa shape index (κ1) is 39.2. The molecule has 306 valence electrons. The molecule has 0 radical (unpaired) electrons. The van der Waals surface area contributed by atoms with Crippen molar-refractivity contribution in [2.24, 2.45) is 0 Å². The maximum atomic E-state index is 7.15. The number of furan rings is 1. The van der Waals surface area contributed by atoms with Crippen molar-refractivity contribution in [2.45, 2.75) is 104 Å². The number of nitrogens with zero attached hydrogens (tertiary/aromatic N) is 3. The Hall–Kier alpha value is -5.94. The lowest BCUT2D eigenvalue weighted by molar-refractivity contribution is 0.484. The molecule has 4 nitrogen and oxygen atoms in total. The first-order valence-electron chi connectivity index (χ1n) is 22.4. The lowest BCUT2D eigenvalue weighted by atomic mass is 9.33. The topological polar surface area (TPSA) is 22.9 Å². The molecule has 0 atom stereocenters. The summed E-state index contributed by atoms with van der Waals surface area (Å²) in [5, 5.41) is 0. The monoisotopic (exact) mass is 799 g/mol. The zero-order chi connectivity index (χ0) is 42.4. The zero-order valence-corrected chi connectivity index (χ0v) is 37.4. The Morgan fingerprint density at radius 2 is 0.967 bits per heavy atom. The zero-order valence-electron chi connectivity index (χ0n) is 37.4. The van der Waals surface area contributed by atoms with Crippen LogP contribution in [0.1, 0.15) is 103 Å². The number of para-hydroxylation sites is 2. The molecule has 0 saturated carbocycles. The Labute approximate surface area is 363 Å². The second-order valence-corrected chi connectivity index (χ2v) is 20.6. The summed E-state index contributed by atoms with van der Waals surface area (Å²) >= 11 is 0. The van der Waals surface area contributed by atoms with Crippen molar-refractivity contribution in [3.63, 3.8) is 0 Å². The standard InChI is InChI=1S/C56H58BN3O/c1-54(2,3)37-24-28-42(29-25-37)58(43-30-26-38(27-31-43)55(4,5)6)44-32-33-46-47(36-44)59(40-18-12-10-13-19-40)48-34-39(56(7,8)9)35-49-52(48)57(46)51-45-22-16-17-23-50(45)61-53(51)60(49)41-20-14-11-15-21-41/h10-15,18-21,24-36H,16-17,22-23H2,1-9H3. The maximum Gasteiger partial charge on any atom is 0.256 e. The van der Waals surface area contributed by atoms with Crippen molar-refractivity contribution in [3.8, 4) is 0 Å². The van der Waals surface area contributed by atoms with E-state index in [1.165, 1.54) is 62.1 Å². The first-order chi connectivity index (χ1) is 29.2. The number of hydrogen-bond donors (Lipinski definition) is 0. The summed E-state index contributed by atoms with van der Waals surface area (Å²) in [6.07, 6.45) is 4.36. The summed E-state index contributed by atoms with van der Waals surface area (Å²) in [6, 6.07) is 52.5. The molecule has 3 heterocycles. The quantitative estimate of drug-likeness (QED) is 0.162. The molecule has 0 saturated heterocycles. The molecule has 0 spiro atoms. The molecule has 61 heavy (non-hydrogen) atoms. The van der Waals surface area contributed by atoms with Crippen molar-refractivity contribution in [1.82, 2.24) is 0 Å². The molecule has 0 amide bonds. The van der Waals surface area contributed by atoms with Crippen LogP contribution >= 0.6 is 0 Å². The highest BCUT2D eigenvalue weighted by atomic mass is 16.4. The average molecular weight is 800 g/mol. The molecule has 1 aliphatic carbocycles. The predicted octanol–water partition coefficient (Wildman–Crippen LogP) is 13.6. The fourth-order valence-corrected chi connectivity index (χ4v) is 9.92. The minimum Gasteiger partial charge on any atom is -0.445 e. The fraction of sp³-hybridized carbons (Fsp3) is 0.286. The molecule has 2 aliphatic heterocycles. The van der Waals surface area contributed by atoms with Gasteiger partial charge in [-0.05, 0) is 147 Å². The normalized spacial score (nSPS) is 14.6. The smallest absolute Gasteiger partial charge is 0.256 e. The summed E-state index contributed by atoms with van der Waals surface area (Å²) in [5.41, 5.74) is 18.6. The molecular formula is C56H58BN3O. The van der Waals surface area contributed by atoms with Gasteiger partial charge in [0.15, 0.2) is 5.88 Å². The Balaban J connectivity index is 1.26. The third kappa shape index (κ3) is 6.69. The van der Waals surface area contributed by atoms with Gasteiger partial charge in [-0.2, -0.15) is 0 Å². The van der Waals surface area contributed by atoms with Gasteiger partial charge < -0.3 is 14.2 Å². The molecule has 0 unspecified atom stereocenters. The highest BCUT2D eigenvalue weighted by molar-refractivity contribution is 7.00. The highest BCUT2D eigenvalue weighted by Gasteiger charge is 2.48. The number of aryl methyl sites for hydroxylation is 1. The van der Waals surface area contributed by atoms with Gasteiger partial charge in [0.05, 0.1) is 0 Å². The van der Waals surface area contributed by atoms with Gasteiger partial charge in [-0.3, -0.25) is 4.90 Å². The van der Waals surface area contributed by atoms with Crippen molar-refractivity contribution in [2.75, 3.05) is 14.7 Å². The van der Waals surface area contributed by atoms with Crippen molar-refractivity contribution < 1.29 is 4.42 Å². The number of benzene rings is 6. The minimum atomic E-state index is -0.105. The number of anilines is 9. The van der Waals surface area contributed by atoms with Crippen molar-refractivity contribution in [3.05, 3.63) is 168 Å². The molecular weight excluding hydrogens is 741 g/mol. The van der Waals surface area contributed by atoms with Crippen LogP contribution in [0.5, 0.6) is 0 Å². The molecule has 3 aliphatic rings. The van der Waals surface area contributed by atoms with Crippen LogP contribution in [0.4, 0.5) is 51.4 Å². The maximum absolute atomic E-state index is 7.15. The van der Waals surface area contributed by atoms with Crippen LogP contribution < -0.4 is 31.1 Å². The highest BCUT2D eigenvalue weighted by Crippen LogP contribution is 2.49. The average Bonchev–Trinajstić information content (AvgIpc) is 3.62. The van der Waals surface area contributed by atoms with E-state index in [0.717, 1.165) is 59.3 Å². The van der Waals surface area contributed by atoms with Gasteiger partial charge in [0, 0.05) is 51.9 Å². The molecule has 0 bridgehead atoms. The van der Waals surface area contributed by atoms with E-state index in [4.69, 9.17) is 4.42 Å². The van der Waals surface area contributed by atoms with Gasteiger partial charge in [0.2, 0.25) is 0 Å². The van der Waals surface area contributed by atoms with Crippen LogP contribution in [-0.4, -0.2) is 6.71 Å². The van der Waals surface area contributed by atoms with E-state index in [1.807, 2.05) is 0 Å². The van der Waals surface area contributed by atoms with E-state index < -0.39 is 0 Å². The number of hydrogen-bond acceptors (Lipinski definition) is 4. The molecule has 7 aromatic rings. The van der Waals surface area contributed by atoms with E-state index in [1.54, 1.807) is 0 Å². The Bertz CT molecular complexity index is 2690. The number of fused-ring (bicyclic) bond motifs is 6. The Morgan fingerprint density at radius 3 is 1.51 bits per heavy atom. The van der Waals surface area contributed by atoms with Gasteiger partial charge in [-0.15, -0.1) is 0 Å². The van der Waals surface area contributed by atoms with E-state index >= 15 is 0 Å². The van der Waals surface area contributed by atoms with Crippen LogP contribution in [-0.2, 0) is 29.1 Å². The SMILES string of the molecule is CC(C)(C)c1ccc(N(c2ccc(C(C)(C)C)cc2)c2ccc3c(c2)N(c2ccccc2)c2cc(C(C)(C)C)cc4c2B3c2c(oc3c2CCCC3)N4c2ccccc2)cc1. The van der Waals surface area contributed by atoms with Crippen molar-refractivity contribution in [1.29, 1.82) is 0 Å². The summed E-state index contributed by atoms with van der Waals surface area (Å²) in [5.74, 6) is 2.14. The van der Waals surface area contributed by atoms with Crippen LogP contribution in [0.25, 0.3) is 0 Å². The minimum absolute atomic E-state index is 0.00850. The van der Waals surface area contributed by atoms with Crippen LogP contribution in [0.2, 0.25) is 0 Å².